The van der Waals surface area contributed by atoms with Gasteiger partial charge in [0.2, 0.25) is 5.88 Å². The Morgan fingerprint density at radius 2 is 1.73 bits per heavy atom. The van der Waals surface area contributed by atoms with Crippen LogP contribution in [0.15, 0.2) is 78.9 Å². The van der Waals surface area contributed by atoms with Crippen LogP contribution in [0.25, 0.3) is 5.69 Å². The summed E-state index contributed by atoms with van der Waals surface area (Å²) in [6, 6.07) is 21.1. The molecule has 0 aliphatic heterocycles. The summed E-state index contributed by atoms with van der Waals surface area (Å²) in [6.45, 7) is 4.60. The highest BCUT2D eigenvalue weighted by molar-refractivity contribution is 5.94. The second-order valence-corrected chi connectivity index (χ2v) is 8.83. The fraction of sp³-hybridized carbons (Fsp3) is 0.241. The van der Waals surface area contributed by atoms with E-state index in [9.17, 15) is 13.6 Å². The molecule has 1 heterocycles. The lowest BCUT2D eigenvalue weighted by molar-refractivity contribution is 0.0678. The second kappa shape index (κ2) is 11.8. The molecule has 0 fully saturated rings. The number of ether oxygens (including phenoxy) is 2. The molecule has 4 aromatic rings. The first-order valence-corrected chi connectivity index (χ1v) is 12.0. The summed E-state index contributed by atoms with van der Waals surface area (Å²) < 4.78 is 41.6. The van der Waals surface area contributed by atoms with Crippen molar-refractivity contribution in [1.82, 2.24) is 14.7 Å². The predicted molar refractivity (Wildman–Crippen MR) is 137 cm³/mol. The Labute approximate surface area is 215 Å². The van der Waals surface area contributed by atoms with Crippen LogP contribution in [0.3, 0.4) is 0 Å². The molecule has 0 N–H and O–H groups in total. The molecular weight excluding hydrogens is 476 g/mol. The molecule has 0 bridgehead atoms. The van der Waals surface area contributed by atoms with E-state index in [1.165, 1.54) is 30.3 Å². The van der Waals surface area contributed by atoms with Crippen LogP contribution < -0.4 is 4.74 Å². The van der Waals surface area contributed by atoms with E-state index in [1.54, 1.807) is 34.9 Å². The van der Waals surface area contributed by atoms with Gasteiger partial charge in [0.25, 0.3) is 5.91 Å². The van der Waals surface area contributed by atoms with E-state index >= 15 is 0 Å². The van der Waals surface area contributed by atoms with Crippen molar-refractivity contribution < 1.29 is 23.0 Å². The van der Waals surface area contributed by atoms with Gasteiger partial charge in [0.15, 0.2) is 11.6 Å². The predicted octanol–water partition coefficient (Wildman–Crippen LogP) is 6.36. The highest BCUT2D eigenvalue weighted by Crippen LogP contribution is 2.35. The van der Waals surface area contributed by atoms with E-state index in [0.29, 0.717) is 17.1 Å². The number of carbonyl (C=O) groups excluding carboxylic acids is 1. The molecule has 0 aliphatic carbocycles. The molecule has 1 amide bonds. The maximum Gasteiger partial charge on any atom is 0.254 e. The van der Waals surface area contributed by atoms with Crippen LogP contribution in [0, 0.1) is 11.6 Å². The zero-order valence-corrected chi connectivity index (χ0v) is 21.0. The zero-order valence-electron chi connectivity index (χ0n) is 21.0. The molecule has 3 aromatic carbocycles. The maximum atomic E-state index is 14.7. The average Bonchev–Trinajstić information content (AvgIpc) is 3.26. The van der Waals surface area contributed by atoms with Gasteiger partial charge in [-0.15, -0.1) is 0 Å². The Morgan fingerprint density at radius 1 is 1.00 bits per heavy atom. The molecule has 8 heteroatoms. The number of carbonyl (C=O) groups is 1. The molecule has 0 saturated carbocycles. The second-order valence-electron chi connectivity index (χ2n) is 8.83. The van der Waals surface area contributed by atoms with Crippen LogP contribution in [0.5, 0.6) is 11.6 Å². The Balaban J connectivity index is 1.84. The van der Waals surface area contributed by atoms with Crippen molar-refractivity contribution in [2.45, 2.75) is 26.3 Å². The van der Waals surface area contributed by atoms with Crippen molar-refractivity contribution in [1.29, 1.82) is 0 Å². The van der Waals surface area contributed by atoms with Gasteiger partial charge in [-0.25, -0.2) is 13.5 Å². The third kappa shape index (κ3) is 6.03. The lowest BCUT2D eigenvalue weighted by Crippen LogP contribution is -2.34. The normalized spacial score (nSPS) is 11.1. The molecule has 192 valence electrons. The van der Waals surface area contributed by atoms with Crippen molar-refractivity contribution in [3.05, 3.63) is 107 Å². The fourth-order valence-corrected chi connectivity index (χ4v) is 3.99. The van der Waals surface area contributed by atoms with E-state index in [4.69, 9.17) is 14.6 Å². The summed E-state index contributed by atoms with van der Waals surface area (Å²) in [7, 11) is 1.55. The molecule has 0 atom stereocenters. The number of methoxy groups -OCH3 is 1. The van der Waals surface area contributed by atoms with Gasteiger partial charge in [-0.3, -0.25) is 4.79 Å². The first-order valence-electron chi connectivity index (χ1n) is 12.0. The monoisotopic (exact) mass is 505 g/mol. The van der Waals surface area contributed by atoms with E-state index in [0.717, 1.165) is 5.69 Å². The van der Waals surface area contributed by atoms with Gasteiger partial charge < -0.3 is 14.4 Å². The summed E-state index contributed by atoms with van der Waals surface area (Å²) in [5, 5.41) is 4.83. The first-order chi connectivity index (χ1) is 17.9. The number of aromatic nitrogens is 2. The summed E-state index contributed by atoms with van der Waals surface area (Å²) in [5.74, 6) is -1.08. The quantitative estimate of drug-likeness (QED) is 0.252. The zero-order chi connectivity index (χ0) is 26.4. The van der Waals surface area contributed by atoms with Crippen LogP contribution in [0.2, 0.25) is 0 Å². The summed E-state index contributed by atoms with van der Waals surface area (Å²) in [4.78, 5) is 15.0. The Hall–Kier alpha value is -4.04. The van der Waals surface area contributed by atoms with Gasteiger partial charge in [-0.2, -0.15) is 5.10 Å². The van der Waals surface area contributed by atoms with Crippen LogP contribution in [-0.4, -0.2) is 40.8 Å². The Bertz CT molecular complexity index is 1360. The molecule has 0 radical (unpaired) electrons. The molecule has 0 spiro atoms. The van der Waals surface area contributed by atoms with E-state index in [2.05, 4.69) is 0 Å². The van der Waals surface area contributed by atoms with Crippen LogP contribution in [0.1, 0.15) is 41.4 Å². The molecule has 1 aromatic heterocycles. The maximum absolute atomic E-state index is 14.7. The molecule has 0 aliphatic rings. The third-order valence-electron chi connectivity index (χ3n) is 5.83. The molecule has 0 unspecified atom stereocenters. The number of halogens is 2. The van der Waals surface area contributed by atoms with Crippen molar-refractivity contribution in [2.24, 2.45) is 0 Å². The van der Waals surface area contributed by atoms with Crippen molar-refractivity contribution in [2.75, 3.05) is 20.3 Å². The minimum Gasteiger partial charge on any atom is -0.435 e. The summed E-state index contributed by atoms with van der Waals surface area (Å²) in [5.41, 5.74) is 2.27. The standard InChI is InChI=1S/C29H29F2N3O3/c1-20(2)27-24(19-33(16-17-36-3)28(35)21-10-9-11-22(30)18-21)29(37-26-15-8-7-14-25(26)31)34(32-27)23-12-5-4-6-13-23/h4-15,18,20H,16-17,19H2,1-3H3. The van der Waals surface area contributed by atoms with Gasteiger partial charge in [-0.1, -0.05) is 50.2 Å². The lowest BCUT2D eigenvalue weighted by atomic mass is 10.0. The van der Waals surface area contributed by atoms with Gasteiger partial charge in [-0.05, 0) is 48.4 Å². The van der Waals surface area contributed by atoms with E-state index < -0.39 is 11.6 Å². The van der Waals surface area contributed by atoms with Gasteiger partial charge in [0.1, 0.15) is 5.82 Å². The highest BCUT2D eigenvalue weighted by Gasteiger charge is 2.27. The van der Waals surface area contributed by atoms with Gasteiger partial charge in [0, 0.05) is 19.2 Å². The van der Waals surface area contributed by atoms with Gasteiger partial charge >= 0.3 is 0 Å². The number of hydrogen-bond acceptors (Lipinski definition) is 4. The van der Waals surface area contributed by atoms with Crippen LogP contribution >= 0.6 is 0 Å². The molecule has 4 rings (SSSR count). The highest BCUT2D eigenvalue weighted by atomic mass is 19.1. The van der Waals surface area contributed by atoms with Gasteiger partial charge in [0.05, 0.1) is 30.1 Å². The average molecular weight is 506 g/mol. The van der Waals surface area contributed by atoms with E-state index in [1.807, 2.05) is 44.2 Å². The molecule has 37 heavy (non-hydrogen) atoms. The summed E-state index contributed by atoms with van der Waals surface area (Å²) in [6.07, 6.45) is 0. The van der Waals surface area contributed by atoms with Crippen molar-refractivity contribution in [3.8, 4) is 17.3 Å². The molecule has 6 nitrogen and oxygen atoms in total. The number of nitrogens with zero attached hydrogens (tertiary/aromatic N) is 3. The number of hydrogen-bond donors (Lipinski definition) is 0. The smallest absolute Gasteiger partial charge is 0.254 e. The number of benzene rings is 3. The number of rotatable bonds is 10. The summed E-state index contributed by atoms with van der Waals surface area (Å²) >= 11 is 0. The number of para-hydroxylation sites is 2. The molecule has 0 saturated heterocycles. The largest absolute Gasteiger partial charge is 0.435 e. The van der Waals surface area contributed by atoms with Crippen molar-refractivity contribution >= 4 is 5.91 Å². The topological polar surface area (TPSA) is 56.6 Å². The van der Waals surface area contributed by atoms with Crippen LogP contribution in [-0.2, 0) is 11.3 Å². The first kappa shape index (κ1) is 26.0. The van der Waals surface area contributed by atoms with Crippen LogP contribution in [0.4, 0.5) is 8.78 Å². The minimum absolute atomic E-state index is 0.0310. The van der Waals surface area contributed by atoms with E-state index in [-0.39, 0.29) is 42.8 Å². The Morgan fingerprint density at radius 3 is 2.41 bits per heavy atom. The SMILES string of the molecule is COCCN(Cc1c(C(C)C)nn(-c2ccccc2)c1Oc1ccccc1F)C(=O)c1cccc(F)c1. The van der Waals surface area contributed by atoms with Crippen molar-refractivity contribution in [3.63, 3.8) is 0 Å². The minimum atomic E-state index is -0.521. The third-order valence-corrected chi connectivity index (χ3v) is 5.83. The fourth-order valence-electron chi connectivity index (χ4n) is 3.99. The lowest BCUT2D eigenvalue weighted by Gasteiger charge is -2.24. The Kier molecular flexibility index (Phi) is 8.30. The number of amides is 1. The molecular formula is C29H29F2N3O3.